The molecule has 0 atom stereocenters. The van der Waals surface area contributed by atoms with E-state index in [-0.39, 0.29) is 24.8 Å². The molecule has 0 unspecified atom stereocenters. The summed E-state index contributed by atoms with van der Waals surface area (Å²) in [5.41, 5.74) is 0.533. The highest BCUT2D eigenvalue weighted by Crippen LogP contribution is 2.46. The third kappa shape index (κ3) is 4.35. The Morgan fingerprint density at radius 3 is 2.31 bits per heavy atom. The second-order valence-corrected chi connectivity index (χ2v) is 9.46. The normalized spacial score (nSPS) is 17.3. The monoisotopic (exact) mass is 495 g/mol. The Hall–Kier alpha value is -3.49. The fourth-order valence-corrected chi connectivity index (χ4v) is 4.63. The van der Waals surface area contributed by atoms with E-state index < -0.39 is 17.1 Å². The molecule has 0 bridgehead atoms. The van der Waals surface area contributed by atoms with Crippen LogP contribution in [-0.2, 0) is 15.9 Å². The number of rotatable bonds is 6. The van der Waals surface area contributed by atoms with Crippen molar-refractivity contribution in [2.24, 2.45) is 0 Å². The second kappa shape index (κ2) is 8.62. The lowest BCUT2D eigenvalue weighted by Crippen LogP contribution is -2.60. The van der Waals surface area contributed by atoms with Gasteiger partial charge in [-0.1, -0.05) is 35.9 Å². The number of aliphatic hydroxyl groups is 1. The summed E-state index contributed by atoms with van der Waals surface area (Å²) >= 11 is 6.17. The first-order chi connectivity index (χ1) is 16.7. The number of carbonyl (C=O) groups is 2. The van der Waals surface area contributed by atoms with Crippen LogP contribution in [0.25, 0.3) is 0 Å². The number of esters is 1. The molecule has 1 saturated carbocycles. The number of nitrogens with zero attached hydrogens (tertiary/aromatic N) is 2. The first-order valence-electron chi connectivity index (χ1n) is 11.1. The van der Waals surface area contributed by atoms with E-state index >= 15 is 0 Å². The van der Waals surface area contributed by atoms with E-state index in [0.717, 1.165) is 18.4 Å². The molecule has 0 radical (unpaired) electrons. The number of ether oxygens (including phenoxy) is 1. The Bertz CT molecular complexity index is 1290. The molecule has 2 aromatic carbocycles. The zero-order valence-corrected chi connectivity index (χ0v) is 19.7. The van der Waals surface area contributed by atoms with Gasteiger partial charge in [-0.3, -0.25) is 4.79 Å². The smallest absolute Gasteiger partial charge is 0.337 e. The van der Waals surface area contributed by atoms with Gasteiger partial charge >= 0.3 is 5.97 Å². The van der Waals surface area contributed by atoms with Crippen molar-refractivity contribution in [1.29, 1.82) is 0 Å². The molecule has 9 heteroatoms. The van der Waals surface area contributed by atoms with E-state index in [0.29, 0.717) is 27.5 Å². The minimum Gasteiger partial charge on any atom is -0.465 e. The third-order valence-corrected chi connectivity index (χ3v) is 6.83. The number of benzene rings is 2. The van der Waals surface area contributed by atoms with Gasteiger partial charge in [0.25, 0.3) is 5.91 Å². The number of aromatic nitrogens is 1. The van der Waals surface area contributed by atoms with Crippen molar-refractivity contribution in [2.45, 2.75) is 24.0 Å². The van der Waals surface area contributed by atoms with Gasteiger partial charge in [-0.05, 0) is 54.3 Å². The number of nitrogens with one attached hydrogen (secondary N) is 1. The molecule has 0 spiro atoms. The van der Waals surface area contributed by atoms with E-state index in [4.69, 9.17) is 16.3 Å². The van der Waals surface area contributed by atoms with Gasteiger partial charge in [0.05, 0.1) is 41.9 Å². The number of amides is 1. The molecule has 7 nitrogen and oxygen atoms in total. The summed E-state index contributed by atoms with van der Waals surface area (Å²) in [4.78, 5) is 31.2. The molecule has 3 aromatic rings. The largest absolute Gasteiger partial charge is 0.465 e. The molecular weight excluding hydrogens is 473 g/mol. The van der Waals surface area contributed by atoms with Crippen LogP contribution in [0.1, 0.15) is 44.7 Å². The number of methoxy groups -OCH3 is 1. The van der Waals surface area contributed by atoms with Crippen molar-refractivity contribution >= 4 is 29.3 Å². The van der Waals surface area contributed by atoms with E-state index in [1.807, 2.05) is 12.1 Å². The third-order valence-electron chi connectivity index (χ3n) is 6.63. The predicted molar refractivity (Wildman–Crippen MR) is 128 cm³/mol. The molecule has 2 N–H and O–H groups in total. The number of hydrogen-bond acceptors (Lipinski definition) is 6. The van der Waals surface area contributed by atoms with Gasteiger partial charge in [0.1, 0.15) is 17.2 Å². The van der Waals surface area contributed by atoms with Crippen LogP contribution < -0.4 is 10.2 Å². The first kappa shape index (κ1) is 23.3. The van der Waals surface area contributed by atoms with Crippen LogP contribution in [0.5, 0.6) is 0 Å². The van der Waals surface area contributed by atoms with Gasteiger partial charge in [-0.2, -0.15) is 0 Å². The van der Waals surface area contributed by atoms with Gasteiger partial charge in [-0.25, -0.2) is 14.2 Å². The lowest BCUT2D eigenvalue weighted by Gasteiger charge is -2.47. The molecule has 1 saturated heterocycles. The quantitative estimate of drug-likeness (QED) is 0.506. The van der Waals surface area contributed by atoms with E-state index in [1.165, 1.54) is 25.4 Å². The number of pyridine rings is 1. The number of anilines is 1. The van der Waals surface area contributed by atoms with E-state index in [2.05, 4.69) is 10.3 Å². The number of halogens is 2. The highest BCUT2D eigenvalue weighted by Gasteiger charge is 2.47. The maximum Gasteiger partial charge on any atom is 0.337 e. The predicted octanol–water partition coefficient (Wildman–Crippen LogP) is 3.79. The van der Waals surface area contributed by atoms with Crippen LogP contribution in [0.15, 0.2) is 60.8 Å². The standard InChI is InChI=1S/C26H23ClFN3O4/c1-35-24(33)16-2-4-17(5-3-16)25(10-11-25)30-23(32)21-12-19(27)13-29-22(21)31-14-26(34,15-31)18-6-8-20(28)9-7-18/h2-9,12-13,34H,10-11,14-15H2,1H3,(H,30,32). The number of β-amino-alcohol motifs (C(OH)–C–C–N with tert-alkyl or cyclic N) is 1. The Morgan fingerprint density at radius 1 is 1.09 bits per heavy atom. The first-order valence-corrected chi connectivity index (χ1v) is 11.5. The molecule has 1 aliphatic heterocycles. The Labute approximate surface area is 206 Å². The maximum absolute atomic E-state index is 13.4. The number of carbonyl (C=O) groups excluding carboxylic acids is 2. The zero-order valence-electron chi connectivity index (χ0n) is 18.9. The van der Waals surface area contributed by atoms with Gasteiger partial charge in [-0.15, -0.1) is 0 Å². The molecule has 35 heavy (non-hydrogen) atoms. The SMILES string of the molecule is COC(=O)c1ccc(C2(NC(=O)c3cc(Cl)cnc3N3CC(O)(c4ccc(F)cc4)C3)CC2)cc1. The molecule has 1 amide bonds. The summed E-state index contributed by atoms with van der Waals surface area (Å²) in [5, 5.41) is 14.4. The lowest BCUT2D eigenvalue weighted by molar-refractivity contribution is 0.00687. The highest BCUT2D eigenvalue weighted by atomic mass is 35.5. The summed E-state index contributed by atoms with van der Waals surface area (Å²) in [6, 6.07) is 14.3. The average Bonchev–Trinajstić information content (AvgIpc) is 3.62. The molecule has 180 valence electrons. The molecule has 1 aromatic heterocycles. The van der Waals surface area contributed by atoms with Gasteiger partial charge < -0.3 is 20.1 Å². The van der Waals surface area contributed by atoms with Crippen LogP contribution in [0.2, 0.25) is 5.02 Å². The second-order valence-electron chi connectivity index (χ2n) is 9.02. The summed E-state index contributed by atoms with van der Waals surface area (Å²) in [5.74, 6) is -0.715. The fourth-order valence-electron chi connectivity index (χ4n) is 4.47. The van der Waals surface area contributed by atoms with Crippen LogP contribution >= 0.6 is 11.6 Å². The maximum atomic E-state index is 13.4. The van der Waals surface area contributed by atoms with Crippen LogP contribution in [-0.4, -0.2) is 42.2 Å². The topological polar surface area (TPSA) is 91.8 Å². The van der Waals surface area contributed by atoms with Crippen molar-refractivity contribution in [3.05, 3.63) is 93.9 Å². The molecule has 1 aliphatic carbocycles. The molecular formula is C26H23ClFN3O4. The average molecular weight is 496 g/mol. The fraction of sp³-hybridized carbons (Fsp3) is 0.269. The van der Waals surface area contributed by atoms with Crippen LogP contribution in [0.3, 0.4) is 0 Å². The summed E-state index contributed by atoms with van der Waals surface area (Å²) in [7, 11) is 1.33. The van der Waals surface area contributed by atoms with Crippen molar-refractivity contribution in [3.63, 3.8) is 0 Å². The molecule has 5 rings (SSSR count). The summed E-state index contributed by atoms with van der Waals surface area (Å²) < 4.78 is 18.0. The Kier molecular flexibility index (Phi) is 5.73. The molecule has 2 fully saturated rings. The summed E-state index contributed by atoms with van der Waals surface area (Å²) in [6.07, 6.45) is 2.97. The molecule has 2 heterocycles. The highest BCUT2D eigenvalue weighted by molar-refractivity contribution is 6.31. The van der Waals surface area contributed by atoms with Crippen molar-refractivity contribution in [1.82, 2.24) is 10.3 Å². The number of hydrogen-bond donors (Lipinski definition) is 2. The van der Waals surface area contributed by atoms with E-state index in [9.17, 15) is 19.1 Å². The van der Waals surface area contributed by atoms with Crippen LogP contribution in [0, 0.1) is 5.82 Å². The van der Waals surface area contributed by atoms with Crippen molar-refractivity contribution in [2.75, 3.05) is 25.1 Å². The van der Waals surface area contributed by atoms with Gasteiger partial charge in [0, 0.05) is 6.20 Å². The van der Waals surface area contributed by atoms with E-state index in [1.54, 1.807) is 35.2 Å². The van der Waals surface area contributed by atoms with Crippen molar-refractivity contribution in [3.8, 4) is 0 Å². The van der Waals surface area contributed by atoms with Crippen LogP contribution in [0.4, 0.5) is 10.2 Å². The minimum atomic E-state index is -1.16. The Balaban J connectivity index is 1.34. The Morgan fingerprint density at radius 2 is 1.71 bits per heavy atom. The van der Waals surface area contributed by atoms with Gasteiger partial charge in [0.2, 0.25) is 0 Å². The van der Waals surface area contributed by atoms with Crippen molar-refractivity contribution < 1.29 is 23.8 Å². The minimum absolute atomic E-state index is 0.202. The molecule has 2 aliphatic rings. The zero-order chi connectivity index (χ0) is 24.8. The van der Waals surface area contributed by atoms with Gasteiger partial charge in [0.15, 0.2) is 0 Å². The summed E-state index contributed by atoms with van der Waals surface area (Å²) in [6.45, 7) is 0.404. The lowest BCUT2D eigenvalue weighted by atomic mass is 9.86.